The average molecular weight is 124 g/mol. The number of hydrogen-bond acceptors (Lipinski definition) is 3. The van der Waals surface area contributed by atoms with Crippen molar-refractivity contribution in [2.45, 2.75) is 0 Å². The number of methoxy groups -OCH3 is 1. The summed E-state index contributed by atoms with van der Waals surface area (Å²) < 4.78 is 4.81. The monoisotopic (exact) mass is 124 g/mol. The van der Waals surface area contributed by atoms with Gasteiger partial charge in [-0.05, 0) is 12.2 Å². The van der Waals surface area contributed by atoms with Crippen LogP contribution in [0.3, 0.4) is 0 Å². The molecule has 0 unspecified atom stereocenters. The summed E-state index contributed by atoms with van der Waals surface area (Å²) in [5.74, 6) is 0. The largest absolute Gasteiger partial charge is 0.468 e. The molecule has 0 saturated heterocycles. The fraction of sp³-hybridized carbons (Fsp3) is 0.167. The molecule has 1 aliphatic heterocycles. The first-order chi connectivity index (χ1) is 4.43. The summed E-state index contributed by atoms with van der Waals surface area (Å²) in [6, 6.07) is 0.514. The van der Waals surface area contributed by atoms with Gasteiger partial charge in [0.1, 0.15) is 0 Å². The van der Waals surface area contributed by atoms with Crippen LogP contribution in [-0.2, 0) is 4.74 Å². The lowest BCUT2D eigenvalue weighted by atomic mass is 10.6. The Bertz CT molecular complexity index is 170. The second-order valence-corrected chi connectivity index (χ2v) is 1.48. The molecule has 0 saturated carbocycles. The van der Waals surface area contributed by atoms with Crippen molar-refractivity contribution in [2.75, 3.05) is 7.11 Å². The van der Waals surface area contributed by atoms with Crippen LogP contribution in [0.2, 0.25) is 0 Å². The number of aliphatic imine (C=N–C) groups is 1. The van der Waals surface area contributed by atoms with E-state index in [1.54, 1.807) is 19.5 Å². The molecule has 0 fully saturated rings. The zero-order valence-corrected chi connectivity index (χ0v) is 5.16. The van der Waals surface area contributed by atoms with Crippen LogP contribution in [0.25, 0.3) is 0 Å². The third-order valence-electron chi connectivity index (χ3n) is 0.885. The van der Waals surface area contributed by atoms with E-state index in [9.17, 15) is 0 Å². The highest BCUT2D eigenvalue weighted by molar-refractivity contribution is 5.75. The van der Waals surface area contributed by atoms with E-state index in [0.29, 0.717) is 6.02 Å². The van der Waals surface area contributed by atoms with Crippen molar-refractivity contribution in [2.24, 2.45) is 4.99 Å². The van der Waals surface area contributed by atoms with E-state index in [4.69, 9.17) is 4.74 Å². The molecule has 9 heavy (non-hydrogen) atoms. The maximum absolute atomic E-state index is 4.81. The van der Waals surface area contributed by atoms with Crippen LogP contribution in [0.15, 0.2) is 29.5 Å². The predicted octanol–water partition coefficient (Wildman–Crippen LogP) is 0.619. The molecule has 1 N–H and O–H groups in total. The number of rotatable bonds is 0. The number of hydrogen-bond donors (Lipinski definition) is 1. The van der Waals surface area contributed by atoms with Crippen molar-refractivity contribution in [1.82, 2.24) is 5.32 Å². The molecule has 1 rings (SSSR count). The van der Waals surface area contributed by atoms with E-state index in [1.807, 2.05) is 12.2 Å². The molecule has 48 valence electrons. The molecule has 0 aromatic carbocycles. The summed E-state index contributed by atoms with van der Waals surface area (Å²) in [6.07, 6.45) is 7.08. The van der Waals surface area contributed by atoms with Crippen LogP contribution in [0.4, 0.5) is 0 Å². The second kappa shape index (κ2) is 2.91. The first kappa shape index (κ1) is 5.88. The summed E-state index contributed by atoms with van der Waals surface area (Å²) >= 11 is 0. The van der Waals surface area contributed by atoms with Crippen LogP contribution >= 0.6 is 0 Å². The second-order valence-electron chi connectivity index (χ2n) is 1.48. The smallest absolute Gasteiger partial charge is 0.293 e. The third-order valence-corrected chi connectivity index (χ3v) is 0.885. The Labute approximate surface area is 53.7 Å². The quantitative estimate of drug-likeness (QED) is 0.513. The highest BCUT2D eigenvalue weighted by atomic mass is 16.5. The molecule has 0 atom stereocenters. The minimum absolute atomic E-state index is 0.514. The van der Waals surface area contributed by atoms with E-state index in [-0.39, 0.29) is 0 Å². The van der Waals surface area contributed by atoms with Crippen molar-refractivity contribution >= 4 is 6.02 Å². The summed E-state index contributed by atoms with van der Waals surface area (Å²) in [5, 5.41) is 2.82. The summed E-state index contributed by atoms with van der Waals surface area (Å²) in [6.45, 7) is 0. The first-order valence-electron chi connectivity index (χ1n) is 2.63. The van der Waals surface area contributed by atoms with Crippen LogP contribution in [0.1, 0.15) is 0 Å². The molecular weight excluding hydrogens is 116 g/mol. The average Bonchev–Trinajstić information content (AvgIpc) is 2.13. The van der Waals surface area contributed by atoms with Crippen molar-refractivity contribution in [3.63, 3.8) is 0 Å². The third kappa shape index (κ3) is 1.60. The van der Waals surface area contributed by atoms with E-state index < -0.39 is 0 Å². The number of nitrogens with zero attached hydrogens (tertiary/aromatic N) is 1. The Morgan fingerprint density at radius 2 is 2.44 bits per heavy atom. The van der Waals surface area contributed by atoms with Gasteiger partial charge in [-0.2, -0.15) is 0 Å². The van der Waals surface area contributed by atoms with Crippen molar-refractivity contribution in [3.05, 3.63) is 24.6 Å². The molecule has 0 radical (unpaired) electrons. The molecule has 3 nitrogen and oxygen atoms in total. The molecule has 0 bridgehead atoms. The Balaban J connectivity index is 2.62. The van der Waals surface area contributed by atoms with Gasteiger partial charge in [-0.1, -0.05) is 0 Å². The summed E-state index contributed by atoms with van der Waals surface area (Å²) in [4.78, 5) is 3.88. The zero-order chi connectivity index (χ0) is 6.53. The van der Waals surface area contributed by atoms with Gasteiger partial charge in [-0.25, -0.2) is 4.99 Å². The molecule has 0 aromatic rings. The number of nitrogens with one attached hydrogen (secondary N) is 1. The normalized spacial score (nSPS) is 15.9. The summed E-state index contributed by atoms with van der Waals surface area (Å²) in [5.41, 5.74) is 0. The number of allylic oxidation sites excluding steroid dienone is 2. The molecule has 0 aliphatic carbocycles. The molecule has 3 heteroatoms. The summed E-state index contributed by atoms with van der Waals surface area (Å²) in [7, 11) is 1.57. The topological polar surface area (TPSA) is 33.6 Å². The zero-order valence-electron chi connectivity index (χ0n) is 5.16. The van der Waals surface area contributed by atoms with Crippen molar-refractivity contribution in [1.29, 1.82) is 0 Å². The lowest BCUT2D eigenvalue weighted by molar-refractivity contribution is 0.388. The van der Waals surface area contributed by atoms with Crippen LogP contribution < -0.4 is 5.32 Å². The fourth-order valence-electron chi connectivity index (χ4n) is 0.484. The Morgan fingerprint density at radius 3 is 3.22 bits per heavy atom. The molecule has 0 amide bonds. The van der Waals surface area contributed by atoms with Gasteiger partial charge in [-0.3, -0.25) is 0 Å². The van der Waals surface area contributed by atoms with E-state index >= 15 is 0 Å². The Kier molecular flexibility index (Phi) is 1.90. The van der Waals surface area contributed by atoms with Crippen molar-refractivity contribution < 1.29 is 4.74 Å². The van der Waals surface area contributed by atoms with Crippen LogP contribution in [0.5, 0.6) is 0 Å². The minimum Gasteiger partial charge on any atom is -0.468 e. The minimum atomic E-state index is 0.514. The van der Waals surface area contributed by atoms with E-state index in [0.717, 1.165) is 0 Å². The first-order valence-corrected chi connectivity index (χ1v) is 2.63. The van der Waals surface area contributed by atoms with Crippen molar-refractivity contribution in [3.8, 4) is 0 Å². The van der Waals surface area contributed by atoms with Gasteiger partial charge in [0.25, 0.3) is 6.02 Å². The predicted molar refractivity (Wildman–Crippen MR) is 35.9 cm³/mol. The lowest BCUT2D eigenvalue weighted by Gasteiger charge is -1.98. The SMILES string of the molecule is COC1=NC=CC=CN1. The van der Waals surface area contributed by atoms with E-state index in [1.165, 1.54) is 0 Å². The lowest BCUT2D eigenvalue weighted by Crippen LogP contribution is -2.17. The molecule has 0 aromatic heterocycles. The Hall–Kier alpha value is -1.25. The van der Waals surface area contributed by atoms with Gasteiger partial charge in [0.05, 0.1) is 7.11 Å². The highest BCUT2D eigenvalue weighted by Gasteiger charge is 1.90. The van der Waals surface area contributed by atoms with Gasteiger partial charge in [-0.15, -0.1) is 0 Å². The maximum atomic E-state index is 4.81. The molecule has 0 spiro atoms. The van der Waals surface area contributed by atoms with Gasteiger partial charge < -0.3 is 10.1 Å². The highest BCUT2D eigenvalue weighted by Crippen LogP contribution is 1.85. The Morgan fingerprint density at radius 1 is 1.56 bits per heavy atom. The molecular formula is C6H8N2O. The number of amidine groups is 1. The standard InChI is InChI=1S/C6H8N2O/c1-9-6-7-4-2-3-5-8-6/h2-5H,1H3,(H,7,8). The van der Waals surface area contributed by atoms with Crippen LogP contribution in [-0.4, -0.2) is 13.1 Å². The van der Waals surface area contributed by atoms with Crippen LogP contribution in [0, 0.1) is 0 Å². The van der Waals surface area contributed by atoms with Gasteiger partial charge in [0, 0.05) is 12.4 Å². The maximum Gasteiger partial charge on any atom is 0.293 e. The number of ether oxygens (including phenoxy) is 1. The fourth-order valence-corrected chi connectivity index (χ4v) is 0.484. The van der Waals surface area contributed by atoms with Gasteiger partial charge in [0.2, 0.25) is 0 Å². The molecule has 1 aliphatic rings. The van der Waals surface area contributed by atoms with Gasteiger partial charge >= 0.3 is 0 Å². The van der Waals surface area contributed by atoms with E-state index in [2.05, 4.69) is 10.3 Å². The van der Waals surface area contributed by atoms with Gasteiger partial charge in [0.15, 0.2) is 0 Å². The molecule has 1 heterocycles.